The van der Waals surface area contributed by atoms with Gasteiger partial charge in [0.2, 0.25) is 5.91 Å². The van der Waals surface area contributed by atoms with E-state index >= 15 is 0 Å². The average molecular weight is 353 g/mol. The molecule has 1 aliphatic carbocycles. The van der Waals surface area contributed by atoms with Crippen LogP contribution < -0.4 is 11.1 Å². The molecule has 0 bridgehead atoms. The second-order valence-electron chi connectivity index (χ2n) is 6.61. The number of fused-ring (bicyclic) bond motifs is 1. The fourth-order valence-electron chi connectivity index (χ4n) is 2.98. The van der Waals surface area contributed by atoms with E-state index in [0.717, 1.165) is 31.2 Å². The highest BCUT2D eigenvalue weighted by Gasteiger charge is 2.21. The summed E-state index contributed by atoms with van der Waals surface area (Å²) in [4.78, 5) is 24.2. The van der Waals surface area contributed by atoms with E-state index in [1.807, 2.05) is 26.0 Å². The Labute approximate surface area is 151 Å². The van der Waals surface area contributed by atoms with Crippen LogP contribution in [0.2, 0.25) is 0 Å². The Hall–Kier alpha value is -1.39. The van der Waals surface area contributed by atoms with Crippen LogP contribution in [0, 0.1) is 0 Å². The van der Waals surface area contributed by atoms with Gasteiger partial charge in [0, 0.05) is 30.5 Å². The summed E-state index contributed by atoms with van der Waals surface area (Å²) in [6.45, 7) is 4.51. The number of ketones is 1. The van der Waals surface area contributed by atoms with Crippen LogP contribution in [0.4, 0.5) is 0 Å². The topological polar surface area (TPSA) is 72.2 Å². The third-order valence-corrected chi connectivity index (χ3v) is 5.05. The third kappa shape index (κ3) is 5.32. The lowest BCUT2D eigenvalue weighted by molar-refractivity contribution is -0.121. The molecular formula is C19H29ClN2O2. The molecule has 0 saturated heterocycles. The first kappa shape index (κ1) is 20.7. The highest BCUT2D eigenvalue weighted by Crippen LogP contribution is 2.23. The summed E-state index contributed by atoms with van der Waals surface area (Å²) in [5.74, 6) is -0.0592. The van der Waals surface area contributed by atoms with Crippen molar-refractivity contribution in [1.82, 2.24) is 5.32 Å². The van der Waals surface area contributed by atoms with Gasteiger partial charge in [0.05, 0.1) is 0 Å². The van der Waals surface area contributed by atoms with Gasteiger partial charge in [-0.15, -0.1) is 12.4 Å². The molecule has 2 rings (SSSR count). The zero-order valence-electron chi connectivity index (χ0n) is 14.7. The van der Waals surface area contributed by atoms with Gasteiger partial charge in [-0.2, -0.15) is 0 Å². The predicted octanol–water partition coefficient (Wildman–Crippen LogP) is 3.19. The maximum Gasteiger partial charge on any atom is 0.220 e. The number of Topliss-reactive ketones (excluding diaryl/α,β-unsaturated/α-hetero) is 1. The Kier molecular flexibility index (Phi) is 7.91. The molecule has 1 aromatic rings. The van der Waals surface area contributed by atoms with Gasteiger partial charge in [-0.3, -0.25) is 9.59 Å². The minimum absolute atomic E-state index is 0. The van der Waals surface area contributed by atoms with Crippen LogP contribution in [0.15, 0.2) is 18.2 Å². The molecule has 0 aromatic heterocycles. The first-order chi connectivity index (χ1) is 11.0. The van der Waals surface area contributed by atoms with Crippen molar-refractivity contribution in [2.24, 2.45) is 5.73 Å². The summed E-state index contributed by atoms with van der Waals surface area (Å²) < 4.78 is 0. The van der Waals surface area contributed by atoms with Crippen molar-refractivity contribution < 1.29 is 9.59 Å². The lowest BCUT2D eigenvalue weighted by atomic mass is 9.94. The van der Waals surface area contributed by atoms with E-state index in [9.17, 15) is 9.59 Å². The molecule has 0 aliphatic heterocycles. The standard InChI is InChI=1S/C19H28N2O2.ClH/c1-3-19(20,4-2)13-21-18(23)11-10-17(22)16-9-8-14-6-5-7-15(14)12-16;/h8-9,12H,3-7,10-11,13,20H2,1-2H3,(H,21,23);1H. The Morgan fingerprint density at radius 1 is 1.12 bits per heavy atom. The van der Waals surface area contributed by atoms with Crippen LogP contribution in [0.1, 0.15) is 67.4 Å². The van der Waals surface area contributed by atoms with Crippen molar-refractivity contribution in [1.29, 1.82) is 0 Å². The van der Waals surface area contributed by atoms with Gasteiger partial charge < -0.3 is 11.1 Å². The van der Waals surface area contributed by atoms with E-state index in [2.05, 4.69) is 11.4 Å². The van der Waals surface area contributed by atoms with Crippen molar-refractivity contribution >= 4 is 24.1 Å². The van der Waals surface area contributed by atoms with Gasteiger partial charge in [-0.05, 0) is 49.3 Å². The fraction of sp³-hybridized carbons (Fsp3) is 0.579. The van der Waals surface area contributed by atoms with Gasteiger partial charge in [0.15, 0.2) is 5.78 Å². The lowest BCUT2D eigenvalue weighted by Crippen LogP contribution is -2.49. The monoisotopic (exact) mass is 352 g/mol. The average Bonchev–Trinajstić information content (AvgIpc) is 3.05. The summed E-state index contributed by atoms with van der Waals surface area (Å²) >= 11 is 0. The number of hydrogen-bond donors (Lipinski definition) is 2. The SMILES string of the molecule is CCC(N)(CC)CNC(=O)CCC(=O)c1ccc2c(c1)CCC2.Cl. The first-order valence-corrected chi connectivity index (χ1v) is 8.68. The summed E-state index contributed by atoms with van der Waals surface area (Å²) in [6.07, 6.45) is 5.45. The molecule has 4 nitrogen and oxygen atoms in total. The molecule has 5 heteroatoms. The number of aryl methyl sites for hydroxylation is 2. The van der Waals surface area contributed by atoms with E-state index in [0.29, 0.717) is 6.54 Å². The Morgan fingerprint density at radius 3 is 2.46 bits per heavy atom. The van der Waals surface area contributed by atoms with Crippen LogP contribution in [-0.2, 0) is 17.6 Å². The van der Waals surface area contributed by atoms with E-state index in [-0.39, 0.29) is 42.5 Å². The molecule has 1 aromatic carbocycles. The zero-order valence-corrected chi connectivity index (χ0v) is 15.5. The molecular weight excluding hydrogens is 324 g/mol. The second-order valence-corrected chi connectivity index (χ2v) is 6.61. The second kappa shape index (κ2) is 9.19. The van der Waals surface area contributed by atoms with Crippen LogP contribution in [0.3, 0.4) is 0 Å². The molecule has 0 heterocycles. The summed E-state index contributed by atoms with van der Waals surface area (Å²) in [6, 6.07) is 5.95. The van der Waals surface area contributed by atoms with Crippen LogP contribution in [0.25, 0.3) is 0 Å². The molecule has 0 saturated carbocycles. The highest BCUT2D eigenvalue weighted by atomic mass is 35.5. The van der Waals surface area contributed by atoms with Gasteiger partial charge in [-0.25, -0.2) is 0 Å². The Morgan fingerprint density at radius 2 is 1.79 bits per heavy atom. The highest BCUT2D eigenvalue weighted by molar-refractivity contribution is 5.98. The number of carbonyl (C=O) groups excluding carboxylic acids is 2. The molecule has 0 unspecified atom stereocenters. The smallest absolute Gasteiger partial charge is 0.220 e. The number of hydrogen-bond acceptors (Lipinski definition) is 3. The van der Waals surface area contributed by atoms with Crippen molar-refractivity contribution in [2.75, 3.05) is 6.54 Å². The number of nitrogens with two attached hydrogens (primary N) is 1. The van der Waals surface area contributed by atoms with Crippen molar-refractivity contribution in [3.05, 3.63) is 34.9 Å². The summed E-state index contributed by atoms with van der Waals surface area (Å²) in [5.41, 5.74) is 9.19. The predicted molar refractivity (Wildman–Crippen MR) is 99.8 cm³/mol. The number of benzene rings is 1. The molecule has 1 aliphatic rings. The Balaban J connectivity index is 0.00000288. The largest absolute Gasteiger partial charge is 0.354 e. The molecule has 1 amide bonds. The molecule has 134 valence electrons. The number of rotatable bonds is 8. The van der Waals surface area contributed by atoms with Crippen molar-refractivity contribution in [3.63, 3.8) is 0 Å². The molecule has 24 heavy (non-hydrogen) atoms. The zero-order chi connectivity index (χ0) is 16.9. The van der Waals surface area contributed by atoms with E-state index in [1.54, 1.807) is 0 Å². The maximum atomic E-state index is 12.3. The van der Waals surface area contributed by atoms with Crippen LogP contribution >= 0.6 is 12.4 Å². The molecule has 0 spiro atoms. The summed E-state index contributed by atoms with van der Waals surface area (Å²) in [5, 5.41) is 2.86. The third-order valence-electron chi connectivity index (χ3n) is 5.05. The normalized spacial score (nSPS) is 13.1. The van der Waals surface area contributed by atoms with Crippen LogP contribution in [-0.4, -0.2) is 23.8 Å². The van der Waals surface area contributed by atoms with Crippen molar-refractivity contribution in [2.45, 2.75) is 64.3 Å². The molecule has 3 N–H and O–H groups in total. The quantitative estimate of drug-likeness (QED) is 0.706. The molecule has 0 atom stereocenters. The Bertz CT molecular complexity index is 583. The minimum Gasteiger partial charge on any atom is -0.354 e. The lowest BCUT2D eigenvalue weighted by Gasteiger charge is -2.26. The van der Waals surface area contributed by atoms with Gasteiger partial charge in [0.1, 0.15) is 0 Å². The maximum absolute atomic E-state index is 12.3. The van der Waals surface area contributed by atoms with E-state index < -0.39 is 0 Å². The van der Waals surface area contributed by atoms with Crippen LogP contribution in [0.5, 0.6) is 0 Å². The van der Waals surface area contributed by atoms with Gasteiger partial charge in [0.25, 0.3) is 0 Å². The van der Waals surface area contributed by atoms with E-state index in [4.69, 9.17) is 5.73 Å². The van der Waals surface area contributed by atoms with Gasteiger partial charge in [-0.1, -0.05) is 26.0 Å². The van der Waals surface area contributed by atoms with Gasteiger partial charge >= 0.3 is 0 Å². The minimum atomic E-state index is -0.348. The first-order valence-electron chi connectivity index (χ1n) is 8.68. The number of carbonyl (C=O) groups is 2. The summed E-state index contributed by atoms with van der Waals surface area (Å²) in [7, 11) is 0. The molecule has 0 radical (unpaired) electrons. The fourth-order valence-corrected chi connectivity index (χ4v) is 2.98. The van der Waals surface area contributed by atoms with E-state index in [1.165, 1.54) is 17.5 Å². The number of amides is 1. The van der Waals surface area contributed by atoms with Crippen molar-refractivity contribution in [3.8, 4) is 0 Å². The molecule has 0 fully saturated rings. The number of halogens is 1. The number of nitrogens with one attached hydrogen (secondary N) is 1.